The standard InChI is InChI=1S/C33H28BO/c1-24(2)35-34(31-18-15-25-9-3-6-12-28(25)21-31,32-19-16-26-10-4-7-13-29(26)22-32)33-20-17-27-11-5-8-14-30(27)23-33/h3-24H,1-2H3/q-1. The molecule has 0 bridgehead atoms. The Hall–Kier alpha value is -3.88. The first kappa shape index (κ1) is 21.6. The monoisotopic (exact) mass is 451 g/mol. The second-order valence-electron chi connectivity index (χ2n) is 9.79. The van der Waals surface area contributed by atoms with Crippen molar-refractivity contribution in [3.8, 4) is 0 Å². The number of fused-ring (bicyclic) bond motifs is 3. The van der Waals surface area contributed by atoms with E-state index in [1.165, 1.54) is 48.7 Å². The van der Waals surface area contributed by atoms with Gasteiger partial charge in [0.1, 0.15) is 0 Å². The molecule has 170 valence electrons. The van der Waals surface area contributed by atoms with Crippen molar-refractivity contribution < 1.29 is 4.65 Å². The summed E-state index contributed by atoms with van der Waals surface area (Å²) in [5.74, 6) is 0. The van der Waals surface area contributed by atoms with Gasteiger partial charge in [0.2, 0.25) is 0 Å². The highest BCUT2D eigenvalue weighted by Crippen LogP contribution is 2.21. The average molecular weight is 451 g/mol. The summed E-state index contributed by atoms with van der Waals surface area (Å²) in [5.41, 5.74) is 3.59. The van der Waals surface area contributed by atoms with Gasteiger partial charge in [0.25, 0.3) is 0 Å². The Morgan fingerprint density at radius 2 is 0.743 bits per heavy atom. The van der Waals surface area contributed by atoms with Gasteiger partial charge in [-0.3, -0.25) is 0 Å². The molecule has 0 radical (unpaired) electrons. The highest BCUT2D eigenvalue weighted by atomic mass is 16.5. The van der Waals surface area contributed by atoms with Gasteiger partial charge in [0, 0.05) is 6.10 Å². The maximum atomic E-state index is 7.11. The van der Waals surface area contributed by atoms with E-state index < -0.39 is 6.35 Å². The van der Waals surface area contributed by atoms with Crippen LogP contribution in [0.1, 0.15) is 13.8 Å². The lowest BCUT2D eigenvalue weighted by Crippen LogP contribution is -2.70. The van der Waals surface area contributed by atoms with E-state index in [0.717, 1.165) is 0 Å². The van der Waals surface area contributed by atoms with E-state index in [4.69, 9.17) is 4.65 Å². The Kier molecular flexibility index (Phi) is 5.39. The van der Waals surface area contributed by atoms with E-state index in [2.05, 4.69) is 141 Å². The van der Waals surface area contributed by atoms with E-state index in [1.54, 1.807) is 0 Å². The first-order valence-corrected chi connectivity index (χ1v) is 12.4. The lowest BCUT2D eigenvalue weighted by atomic mass is 9.28. The van der Waals surface area contributed by atoms with Crippen LogP contribution in [0.5, 0.6) is 0 Å². The summed E-state index contributed by atoms with van der Waals surface area (Å²) in [7, 11) is 0. The predicted molar refractivity (Wildman–Crippen MR) is 153 cm³/mol. The van der Waals surface area contributed by atoms with Crippen molar-refractivity contribution in [3.05, 3.63) is 127 Å². The van der Waals surface area contributed by atoms with Crippen molar-refractivity contribution in [1.29, 1.82) is 0 Å². The normalized spacial score (nSPS) is 12.1. The van der Waals surface area contributed by atoms with Crippen LogP contribution < -0.4 is 16.4 Å². The Balaban J connectivity index is 1.70. The molecule has 0 fully saturated rings. The lowest BCUT2D eigenvalue weighted by Gasteiger charge is -2.46. The zero-order valence-electron chi connectivity index (χ0n) is 20.2. The highest BCUT2D eigenvalue weighted by Gasteiger charge is 2.33. The van der Waals surface area contributed by atoms with Crippen LogP contribution in [0.4, 0.5) is 0 Å². The van der Waals surface area contributed by atoms with Crippen molar-refractivity contribution in [2.45, 2.75) is 20.0 Å². The minimum atomic E-state index is -1.69. The molecule has 0 aliphatic heterocycles. The Bertz CT molecular complexity index is 1480. The summed E-state index contributed by atoms with van der Waals surface area (Å²) < 4.78 is 7.11. The summed E-state index contributed by atoms with van der Waals surface area (Å²) >= 11 is 0. The molecule has 0 atom stereocenters. The maximum absolute atomic E-state index is 7.11. The molecular formula is C33H28BO-. The van der Waals surface area contributed by atoms with Crippen LogP contribution in [-0.2, 0) is 4.65 Å². The fourth-order valence-corrected chi connectivity index (χ4v) is 5.60. The van der Waals surface area contributed by atoms with Crippen LogP contribution in [0, 0.1) is 0 Å². The Morgan fingerprint density at radius 3 is 1.06 bits per heavy atom. The molecule has 35 heavy (non-hydrogen) atoms. The largest absolute Gasteiger partial charge is 0.577 e. The van der Waals surface area contributed by atoms with Crippen LogP contribution in [0.3, 0.4) is 0 Å². The van der Waals surface area contributed by atoms with E-state index in [0.29, 0.717) is 0 Å². The zero-order chi connectivity index (χ0) is 23.8. The second kappa shape index (κ2) is 8.72. The van der Waals surface area contributed by atoms with E-state index in [-0.39, 0.29) is 6.10 Å². The number of benzene rings is 6. The fourth-order valence-electron chi connectivity index (χ4n) is 5.60. The SMILES string of the molecule is CC(C)O[B-](c1ccc2ccccc2c1)(c1ccc2ccccc2c1)c1ccc2ccccc2c1. The number of hydrogen-bond donors (Lipinski definition) is 0. The molecule has 0 aromatic heterocycles. The van der Waals surface area contributed by atoms with Gasteiger partial charge in [0.05, 0.1) is 0 Å². The van der Waals surface area contributed by atoms with E-state index >= 15 is 0 Å². The second-order valence-corrected chi connectivity index (χ2v) is 9.79. The molecule has 0 amide bonds. The Morgan fingerprint density at radius 1 is 0.429 bits per heavy atom. The lowest BCUT2D eigenvalue weighted by molar-refractivity contribution is 0.245. The molecule has 0 aliphatic rings. The van der Waals surface area contributed by atoms with Crippen molar-refractivity contribution in [2.75, 3.05) is 0 Å². The van der Waals surface area contributed by atoms with Gasteiger partial charge in [-0.1, -0.05) is 127 Å². The van der Waals surface area contributed by atoms with Crippen molar-refractivity contribution >= 4 is 55.1 Å². The maximum Gasteiger partial charge on any atom is 0.197 e. The molecule has 0 saturated carbocycles. The molecular weight excluding hydrogens is 423 g/mol. The van der Waals surface area contributed by atoms with Gasteiger partial charge < -0.3 is 4.65 Å². The van der Waals surface area contributed by atoms with Gasteiger partial charge in [-0.15, -0.1) is 0 Å². The van der Waals surface area contributed by atoms with Crippen molar-refractivity contribution in [3.63, 3.8) is 0 Å². The molecule has 0 saturated heterocycles. The summed E-state index contributed by atoms with van der Waals surface area (Å²) in [6, 6.07) is 46.1. The number of rotatable bonds is 5. The molecule has 2 heteroatoms. The minimum Gasteiger partial charge on any atom is -0.577 e. The summed E-state index contributed by atoms with van der Waals surface area (Å²) in [6.07, 6.45) is -1.65. The summed E-state index contributed by atoms with van der Waals surface area (Å²) in [6.45, 7) is 4.28. The van der Waals surface area contributed by atoms with Crippen LogP contribution in [0.25, 0.3) is 32.3 Å². The van der Waals surface area contributed by atoms with Crippen molar-refractivity contribution in [2.24, 2.45) is 0 Å². The average Bonchev–Trinajstić information content (AvgIpc) is 2.91. The van der Waals surface area contributed by atoms with E-state index in [1.807, 2.05) is 0 Å². The smallest absolute Gasteiger partial charge is 0.197 e. The molecule has 0 spiro atoms. The van der Waals surface area contributed by atoms with Crippen LogP contribution in [0.15, 0.2) is 127 Å². The molecule has 6 aromatic rings. The van der Waals surface area contributed by atoms with Gasteiger partial charge >= 0.3 is 0 Å². The molecule has 0 heterocycles. The summed E-state index contributed by atoms with van der Waals surface area (Å²) in [5, 5.41) is 7.40. The first-order valence-electron chi connectivity index (χ1n) is 12.4. The van der Waals surface area contributed by atoms with Gasteiger partial charge in [-0.25, -0.2) is 0 Å². The van der Waals surface area contributed by atoms with Crippen molar-refractivity contribution in [1.82, 2.24) is 0 Å². The molecule has 1 nitrogen and oxygen atoms in total. The Labute approximate surface area is 206 Å². The van der Waals surface area contributed by atoms with Gasteiger partial charge in [0.15, 0.2) is 6.35 Å². The molecule has 0 N–H and O–H groups in total. The van der Waals surface area contributed by atoms with Crippen LogP contribution in [-0.4, -0.2) is 12.5 Å². The minimum absolute atomic E-state index is 0.0411. The number of hydrogen-bond acceptors (Lipinski definition) is 1. The van der Waals surface area contributed by atoms with Gasteiger partial charge in [-0.05, 0) is 46.2 Å². The first-order chi connectivity index (χ1) is 17.1. The highest BCUT2D eigenvalue weighted by molar-refractivity contribution is 7.07. The molecule has 6 rings (SSSR count). The van der Waals surface area contributed by atoms with Crippen LogP contribution in [0.2, 0.25) is 0 Å². The topological polar surface area (TPSA) is 9.23 Å². The quantitative estimate of drug-likeness (QED) is 0.271. The zero-order valence-corrected chi connectivity index (χ0v) is 20.2. The summed E-state index contributed by atoms with van der Waals surface area (Å²) in [4.78, 5) is 0. The third-order valence-electron chi connectivity index (χ3n) is 7.21. The fraction of sp³-hybridized carbons (Fsp3) is 0.0909. The molecule has 0 aliphatic carbocycles. The van der Waals surface area contributed by atoms with Crippen LogP contribution >= 0.6 is 0 Å². The third-order valence-corrected chi connectivity index (χ3v) is 7.21. The van der Waals surface area contributed by atoms with Gasteiger partial charge in [-0.2, -0.15) is 16.4 Å². The molecule has 0 unspecified atom stereocenters. The molecule has 6 aromatic carbocycles. The third kappa shape index (κ3) is 3.81. The van der Waals surface area contributed by atoms with E-state index in [9.17, 15) is 0 Å². The predicted octanol–water partition coefficient (Wildman–Crippen LogP) is 6.54.